The molecule has 11 heteroatoms. The average molecular weight is 476 g/mol. The fraction of sp³-hybridized carbons (Fsp3) is 0.190. The monoisotopic (exact) mass is 475 g/mol. The molecule has 2 aromatic carbocycles. The van der Waals surface area contributed by atoms with Gasteiger partial charge in [0.2, 0.25) is 0 Å². The van der Waals surface area contributed by atoms with Crippen LogP contribution in [0.4, 0.5) is 5.69 Å². The van der Waals surface area contributed by atoms with E-state index in [1.165, 1.54) is 42.5 Å². The van der Waals surface area contributed by atoms with Gasteiger partial charge in [-0.3, -0.25) is 14.9 Å². The van der Waals surface area contributed by atoms with Gasteiger partial charge in [0.25, 0.3) is 11.6 Å². The van der Waals surface area contributed by atoms with E-state index in [0.717, 1.165) is 10.9 Å². The molecule has 0 fully saturated rings. The second kappa shape index (κ2) is 9.90. The average Bonchev–Trinajstić information content (AvgIpc) is 3.28. The smallest absolute Gasteiger partial charge is 0.339 e. The van der Waals surface area contributed by atoms with Gasteiger partial charge in [-0.1, -0.05) is 12.1 Å². The molecule has 3 aromatic rings. The molecule has 0 saturated carbocycles. The van der Waals surface area contributed by atoms with Gasteiger partial charge in [-0.25, -0.2) is 0 Å². The van der Waals surface area contributed by atoms with Crippen molar-refractivity contribution in [2.24, 2.45) is 0 Å². The first kappa shape index (κ1) is 23.4. The molecule has 1 amide bonds. The van der Waals surface area contributed by atoms with Crippen LogP contribution in [0.3, 0.4) is 0 Å². The van der Waals surface area contributed by atoms with Crippen LogP contribution in [-0.2, 0) is 10.1 Å². The Labute approximate surface area is 189 Å². The highest BCUT2D eigenvalue weighted by molar-refractivity contribution is 7.87. The van der Waals surface area contributed by atoms with Crippen LogP contribution in [0.5, 0.6) is 5.75 Å². The van der Waals surface area contributed by atoms with Gasteiger partial charge in [0.15, 0.2) is 0 Å². The van der Waals surface area contributed by atoms with E-state index < -0.39 is 15.0 Å². The molecule has 168 valence electrons. The zero-order valence-electron chi connectivity index (χ0n) is 17.3. The number of carbonyl (C=O) groups excluding carboxylic acids is 1. The number of carbonyl (C=O) groups is 1. The highest BCUT2D eigenvalue weighted by Crippen LogP contribution is 2.24. The van der Waals surface area contributed by atoms with Crippen LogP contribution in [0.2, 0.25) is 0 Å². The predicted molar refractivity (Wildman–Crippen MR) is 120 cm³/mol. The summed E-state index contributed by atoms with van der Waals surface area (Å²) in [5, 5.41) is 15.7. The van der Waals surface area contributed by atoms with E-state index in [4.69, 9.17) is 4.18 Å². The Morgan fingerprint density at radius 2 is 1.88 bits per heavy atom. The number of thiophene rings is 1. The number of nitro benzene ring substituents is 1. The van der Waals surface area contributed by atoms with Crippen molar-refractivity contribution in [1.82, 2.24) is 10.2 Å². The lowest BCUT2D eigenvalue weighted by Gasteiger charge is -2.23. The molecule has 0 aliphatic heterocycles. The van der Waals surface area contributed by atoms with Crippen LogP contribution < -0.4 is 9.50 Å². The van der Waals surface area contributed by atoms with E-state index in [-0.39, 0.29) is 28.3 Å². The van der Waals surface area contributed by atoms with E-state index >= 15 is 0 Å². The summed E-state index contributed by atoms with van der Waals surface area (Å²) in [6.45, 7) is 0.408. The molecule has 9 nitrogen and oxygen atoms in total. The van der Waals surface area contributed by atoms with Crippen molar-refractivity contribution in [3.05, 3.63) is 86.6 Å². The summed E-state index contributed by atoms with van der Waals surface area (Å²) < 4.78 is 29.9. The molecule has 0 radical (unpaired) electrons. The fourth-order valence-electron chi connectivity index (χ4n) is 2.90. The maximum atomic E-state index is 12.5. The molecule has 1 heterocycles. The Morgan fingerprint density at radius 1 is 1.16 bits per heavy atom. The SMILES string of the molecule is CN(C)C(CNC(=O)c1ccc(OS(=O)(=O)c2cccc([N+](=O)[O-])c2)cc1)c1cccs1. The molecular formula is C21H21N3O6S2. The van der Waals surface area contributed by atoms with Gasteiger partial charge in [0, 0.05) is 29.1 Å². The molecule has 0 spiro atoms. The van der Waals surface area contributed by atoms with Gasteiger partial charge >= 0.3 is 10.1 Å². The van der Waals surface area contributed by atoms with Crippen LogP contribution >= 0.6 is 11.3 Å². The maximum absolute atomic E-state index is 12.5. The minimum atomic E-state index is -4.27. The quantitative estimate of drug-likeness (QED) is 0.286. The molecule has 0 aliphatic rings. The second-order valence-electron chi connectivity index (χ2n) is 7.02. The first-order valence-electron chi connectivity index (χ1n) is 9.44. The van der Waals surface area contributed by atoms with E-state index in [1.54, 1.807) is 11.3 Å². The maximum Gasteiger partial charge on any atom is 0.339 e. The summed E-state index contributed by atoms with van der Waals surface area (Å²) in [7, 11) is -0.398. The van der Waals surface area contributed by atoms with E-state index in [1.807, 2.05) is 36.5 Å². The Balaban J connectivity index is 1.66. The molecule has 1 unspecified atom stereocenters. The van der Waals surface area contributed by atoms with Crippen molar-refractivity contribution in [3.8, 4) is 5.75 Å². The van der Waals surface area contributed by atoms with Crippen LogP contribution in [0, 0.1) is 10.1 Å². The van der Waals surface area contributed by atoms with E-state index in [2.05, 4.69) is 5.32 Å². The third-order valence-electron chi connectivity index (χ3n) is 4.59. The number of nitro groups is 1. The second-order valence-corrected chi connectivity index (χ2v) is 9.55. The Hall–Kier alpha value is -3.28. The zero-order valence-corrected chi connectivity index (χ0v) is 18.9. The molecule has 0 saturated heterocycles. The van der Waals surface area contributed by atoms with Crippen molar-refractivity contribution < 1.29 is 22.3 Å². The summed E-state index contributed by atoms with van der Waals surface area (Å²) >= 11 is 1.61. The topological polar surface area (TPSA) is 119 Å². The number of nitrogens with zero attached hydrogens (tertiary/aromatic N) is 2. The molecule has 1 aromatic heterocycles. The van der Waals surface area contributed by atoms with Crippen LogP contribution in [0.25, 0.3) is 0 Å². The largest absolute Gasteiger partial charge is 0.379 e. The molecular weight excluding hydrogens is 454 g/mol. The fourth-order valence-corrected chi connectivity index (χ4v) is 4.79. The lowest BCUT2D eigenvalue weighted by molar-refractivity contribution is -0.385. The van der Waals surface area contributed by atoms with Crippen molar-refractivity contribution in [2.45, 2.75) is 10.9 Å². The number of hydrogen-bond acceptors (Lipinski definition) is 8. The molecule has 1 atom stereocenters. The zero-order chi connectivity index (χ0) is 23.3. The van der Waals surface area contributed by atoms with Gasteiger partial charge in [0.1, 0.15) is 10.6 Å². The van der Waals surface area contributed by atoms with Gasteiger partial charge < -0.3 is 14.4 Å². The standard InChI is InChI=1S/C21H21N3O6S2/c1-23(2)19(20-7-4-12-31-20)14-22-21(25)15-8-10-17(11-9-15)30-32(28,29)18-6-3-5-16(13-18)24(26)27/h3-13,19H,14H2,1-2H3,(H,22,25). The van der Waals surface area contributed by atoms with Gasteiger partial charge in [-0.15, -0.1) is 11.3 Å². The lowest BCUT2D eigenvalue weighted by atomic mass is 10.2. The van der Waals surface area contributed by atoms with Crippen LogP contribution in [0.15, 0.2) is 70.9 Å². The summed E-state index contributed by atoms with van der Waals surface area (Å²) in [6, 6.07) is 14.2. The molecule has 32 heavy (non-hydrogen) atoms. The molecule has 0 aliphatic carbocycles. The molecule has 0 bridgehead atoms. The first-order valence-corrected chi connectivity index (χ1v) is 11.7. The van der Waals surface area contributed by atoms with Crippen molar-refractivity contribution in [3.63, 3.8) is 0 Å². The highest BCUT2D eigenvalue weighted by atomic mass is 32.2. The highest BCUT2D eigenvalue weighted by Gasteiger charge is 2.21. The summed E-state index contributed by atoms with van der Waals surface area (Å²) in [6.07, 6.45) is 0. The number of amides is 1. The summed E-state index contributed by atoms with van der Waals surface area (Å²) in [5.74, 6) is -0.320. The van der Waals surface area contributed by atoms with Crippen molar-refractivity contribution >= 4 is 33.0 Å². The number of rotatable bonds is 9. The van der Waals surface area contributed by atoms with Crippen molar-refractivity contribution in [1.29, 1.82) is 0 Å². The normalized spacial score (nSPS) is 12.3. The Bertz CT molecular complexity index is 1190. The molecule has 1 N–H and O–H groups in total. The lowest BCUT2D eigenvalue weighted by Crippen LogP contribution is -2.34. The minimum absolute atomic E-state index is 0.0159. The van der Waals surface area contributed by atoms with Crippen molar-refractivity contribution in [2.75, 3.05) is 20.6 Å². The third-order valence-corrected chi connectivity index (χ3v) is 6.81. The first-order chi connectivity index (χ1) is 15.2. The van der Waals surface area contributed by atoms with Gasteiger partial charge in [-0.05, 0) is 55.9 Å². The summed E-state index contributed by atoms with van der Waals surface area (Å²) in [5.41, 5.74) is -0.0194. The van der Waals surface area contributed by atoms with Crippen LogP contribution in [-0.4, -0.2) is 44.8 Å². The minimum Gasteiger partial charge on any atom is -0.379 e. The van der Waals surface area contributed by atoms with E-state index in [9.17, 15) is 23.3 Å². The number of hydrogen-bond donors (Lipinski definition) is 1. The van der Waals surface area contributed by atoms with Gasteiger partial charge in [0.05, 0.1) is 11.0 Å². The number of nitrogens with one attached hydrogen (secondary N) is 1. The van der Waals surface area contributed by atoms with Crippen LogP contribution in [0.1, 0.15) is 21.3 Å². The molecule has 3 rings (SSSR count). The van der Waals surface area contributed by atoms with E-state index in [0.29, 0.717) is 12.1 Å². The third kappa shape index (κ3) is 5.69. The predicted octanol–water partition coefficient (Wildman–Crippen LogP) is 3.46. The Morgan fingerprint density at radius 3 is 2.47 bits per heavy atom. The number of non-ortho nitro benzene ring substituents is 1. The van der Waals surface area contributed by atoms with Gasteiger partial charge in [-0.2, -0.15) is 8.42 Å². The number of likely N-dealkylation sites (N-methyl/N-ethyl adjacent to an activating group) is 1. The summed E-state index contributed by atoms with van der Waals surface area (Å²) in [4.78, 5) is 25.5. The Kier molecular flexibility index (Phi) is 7.23. The number of benzene rings is 2.